The highest BCUT2D eigenvalue weighted by Gasteiger charge is 2.39. The molecule has 0 aromatic carbocycles. The van der Waals surface area contributed by atoms with Crippen molar-refractivity contribution in [3.8, 4) is 0 Å². The van der Waals surface area contributed by atoms with Gasteiger partial charge in [0.05, 0.1) is 5.92 Å². The van der Waals surface area contributed by atoms with Crippen LogP contribution in [0.5, 0.6) is 0 Å². The van der Waals surface area contributed by atoms with Crippen LogP contribution in [0.3, 0.4) is 0 Å². The number of hydrogen-bond donors (Lipinski definition) is 1. The van der Waals surface area contributed by atoms with Crippen LogP contribution < -0.4 is 0 Å². The maximum Gasteiger partial charge on any atom is 0.308 e. The van der Waals surface area contributed by atoms with Gasteiger partial charge in [-0.05, 0) is 24.7 Å². The van der Waals surface area contributed by atoms with E-state index in [-0.39, 0.29) is 30.6 Å². The molecule has 1 saturated carbocycles. The van der Waals surface area contributed by atoms with E-state index < -0.39 is 11.9 Å². The molecule has 3 atom stereocenters. The van der Waals surface area contributed by atoms with Crippen molar-refractivity contribution in [1.82, 2.24) is 4.90 Å². The number of carboxylic acid groups (broad SMARTS) is 1. The lowest BCUT2D eigenvalue weighted by atomic mass is 9.86. The van der Waals surface area contributed by atoms with Crippen molar-refractivity contribution in [3.05, 3.63) is 0 Å². The van der Waals surface area contributed by atoms with Crippen molar-refractivity contribution in [1.29, 1.82) is 0 Å². The summed E-state index contributed by atoms with van der Waals surface area (Å²) in [5.41, 5.74) is 0. The molecule has 0 aromatic rings. The van der Waals surface area contributed by atoms with Gasteiger partial charge >= 0.3 is 5.97 Å². The molecular formula is C13H21F2NO2. The predicted octanol–water partition coefficient (Wildman–Crippen LogP) is 2.46. The number of hydrogen-bond acceptors (Lipinski definition) is 2. The SMILES string of the molecule is CC1CN(CC2CCCC(F)(F)C2)CC1C(=O)O. The van der Waals surface area contributed by atoms with Gasteiger partial charge in [-0.2, -0.15) is 0 Å². The van der Waals surface area contributed by atoms with E-state index in [4.69, 9.17) is 5.11 Å². The van der Waals surface area contributed by atoms with Crippen molar-refractivity contribution in [3.63, 3.8) is 0 Å². The van der Waals surface area contributed by atoms with Crippen molar-refractivity contribution < 1.29 is 18.7 Å². The summed E-state index contributed by atoms with van der Waals surface area (Å²) >= 11 is 0. The molecule has 3 nitrogen and oxygen atoms in total. The number of nitrogens with zero attached hydrogens (tertiary/aromatic N) is 1. The van der Waals surface area contributed by atoms with Crippen molar-refractivity contribution >= 4 is 5.97 Å². The Bertz CT molecular complexity index is 322. The van der Waals surface area contributed by atoms with Gasteiger partial charge in [0.25, 0.3) is 0 Å². The Morgan fingerprint density at radius 3 is 2.72 bits per heavy atom. The molecule has 2 aliphatic rings. The Labute approximate surface area is 106 Å². The summed E-state index contributed by atoms with van der Waals surface area (Å²) in [7, 11) is 0. The second-order valence-corrected chi connectivity index (χ2v) is 5.96. The number of aliphatic carboxylic acids is 1. The van der Waals surface area contributed by atoms with Crippen molar-refractivity contribution in [2.24, 2.45) is 17.8 Å². The van der Waals surface area contributed by atoms with Crippen molar-refractivity contribution in [2.45, 2.75) is 38.5 Å². The van der Waals surface area contributed by atoms with Gasteiger partial charge in [0.1, 0.15) is 0 Å². The first-order valence-electron chi connectivity index (χ1n) is 6.70. The first kappa shape index (κ1) is 13.7. The molecule has 5 heteroatoms. The van der Waals surface area contributed by atoms with E-state index in [1.54, 1.807) is 0 Å². The van der Waals surface area contributed by atoms with Crippen LogP contribution in [-0.4, -0.2) is 41.5 Å². The molecule has 3 unspecified atom stereocenters. The van der Waals surface area contributed by atoms with Gasteiger partial charge in [0.15, 0.2) is 0 Å². The Morgan fingerprint density at radius 2 is 2.17 bits per heavy atom. The summed E-state index contributed by atoms with van der Waals surface area (Å²) in [5.74, 6) is -3.48. The highest BCUT2D eigenvalue weighted by Crippen LogP contribution is 2.37. The number of rotatable bonds is 3. The number of likely N-dealkylation sites (tertiary alicyclic amines) is 1. The summed E-state index contributed by atoms with van der Waals surface area (Å²) in [5, 5.41) is 9.04. The number of carboxylic acids is 1. The van der Waals surface area contributed by atoms with Crippen LogP contribution in [0.4, 0.5) is 8.78 Å². The topological polar surface area (TPSA) is 40.5 Å². The Morgan fingerprint density at radius 1 is 1.44 bits per heavy atom. The monoisotopic (exact) mass is 261 g/mol. The lowest BCUT2D eigenvalue weighted by Gasteiger charge is -2.31. The molecule has 1 heterocycles. The van der Waals surface area contributed by atoms with Gasteiger partial charge < -0.3 is 10.0 Å². The number of halogens is 2. The first-order valence-corrected chi connectivity index (χ1v) is 6.70. The maximum atomic E-state index is 13.3. The fourth-order valence-electron chi connectivity index (χ4n) is 3.33. The van der Waals surface area contributed by atoms with E-state index in [2.05, 4.69) is 4.90 Å². The van der Waals surface area contributed by atoms with Crippen LogP contribution in [0.25, 0.3) is 0 Å². The van der Waals surface area contributed by atoms with Gasteiger partial charge in [-0.15, -0.1) is 0 Å². The van der Waals surface area contributed by atoms with E-state index in [1.807, 2.05) is 6.92 Å². The van der Waals surface area contributed by atoms with Gasteiger partial charge in [0.2, 0.25) is 5.92 Å². The minimum atomic E-state index is -2.51. The maximum absolute atomic E-state index is 13.3. The molecule has 0 radical (unpaired) electrons. The predicted molar refractivity (Wildman–Crippen MR) is 63.6 cm³/mol. The minimum absolute atomic E-state index is 0.0116. The van der Waals surface area contributed by atoms with E-state index in [1.165, 1.54) is 0 Å². The number of carbonyl (C=O) groups is 1. The summed E-state index contributed by atoms with van der Waals surface area (Å²) in [6.07, 6.45) is 1.41. The van der Waals surface area contributed by atoms with Crippen molar-refractivity contribution in [2.75, 3.05) is 19.6 Å². The molecule has 2 fully saturated rings. The van der Waals surface area contributed by atoms with Crippen LogP contribution in [0.2, 0.25) is 0 Å². The summed E-state index contributed by atoms with van der Waals surface area (Å²) < 4.78 is 26.6. The second kappa shape index (κ2) is 5.11. The third-order valence-electron chi connectivity index (χ3n) is 4.26. The molecule has 1 aliphatic heterocycles. The highest BCUT2D eigenvalue weighted by atomic mass is 19.3. The minimum Gasteiger partial charge on any atom is -0.481 e. The zero-order chi connectivity index (χ0) is 13.3. The lowest BCUT2D eigenvalue weighted by Crippen LogP contribution is -2.34. The van der Waals surface area contributed by atoms with Crippen LogP contribution in [0.1, 0.15) is 32.6 Å². The van der Waals surface area contributed by atoms with Gasteiger partial charge in [-0.3, -0.25) is 4.79 Å². The molecule has 18 heavy (non-hydrogen) atoms. The smallest absolute Gasteiger partial charge is 0.308 e. The van der Waals surface area contributed by atoms with E-state index in [0.717, 1.165) is 13.0 Å². The van der Waals surface area contributed by atoms with E-state index >= 15 is 0 Å². The lowest BCUT2D eigenvalue weighted by molar-refractivity contribution is -0.142. The van der Waals surface area contributed by atoms with Gasteiger partial charge in [-0.1, -0.05) is 6.92 Å². The second-order valence-electron chi connectivity index (χ2n) is 5.96. The molecule has 104 valence electrons. The van der Waals surface area contributed by atoms with Gasteiger partial charge in [0, 0.05) is 32.5 Å². The van der Waals surface area contributed by atoms with Crippen LogP contribution in [-0.2, 0) is 4.79 Å². The fraction of sp³-hybridized carbons (Fsp3) is 0.923. The molecular weight excluding hydrogens is 240 g/mol. The third-order valence-corrected chi connectivity index (χ3v) is 4.26. The van der Waals surface area contributed by atoms with E-state index in [9.17, 15) is 13.6 Å². The summed E-state index contributed by atoms with van der Waals surface area (Å²) in [6, 6.07) is 0. The zero-order valence-corrected chi connectivity index (χ0v) is 10.7. The first-order chi connectivity index (χ1) is 8.37. The average molecular weight is 261 g/mol. The molecule has 0 spiro atoms. The Balaban J connectivity index is 1.86. The summed E-state index contributed by atoms with van der Waals surface area (Å²) in [6.45, 7) is 3.79. The Hall–Kier alpha value is -0.710. The van der Waals surface area contributed by atoms with Gasteiger partial charge in [-0.25, -0.2) is 8.78 Å². The van der Waals surface area contributed by atoms with Crippen LogP contribution >= 0.6 is 0 Å². The van der Waals surface area contributed by atoms with Crippen LogP contribution in [0.15, 0.2) is 0 Å². The fourth-order valence-corrected chi connectivity index (χ4v) is 3.33. The Kier molecular flexibility index (Phi) is 3.90. The molecule has 1 aliphatic carbocycles. The molecule has 1 saturated heterocycles. The molecule has 0 aromatic heterocycles. The molecule has 2 rings (SSSR count). The molecule has 0 bridgehead atoms. The highest BCUT2D eigenvalue weighted by molar-refractivity contribution is 5.71. The normalized spacial score (nSPS) is 36.7. The average Bonchev–Trinajstić information content (AvgIpc) is 2.58. The molecule has 1 N–H and O–H groups in total. The molecule has 0 amide bonds. The largest absolute Gasteiger partial charge is 0.481 e. The standard InChI is InChI=1S/C13H21F2NO2/c1-9-6-16(8-11(9)12(17)18)7-10-3-2-4-13(14,15)5-10/h9-11H,2-8H2,1H3,(H,17,18). The van der Waals surface area contributed by atoms with Crippen LogP contribution in [0, 0.1) is 17.8 Å². The van der Waals surface area contributed by atoms with E-state index in [0.29, 0.717) is 19.5 Å². The third kappa shape index (κ3) is 3.19. The zero-order valence-electron chi connectivity index (χ0n) is 10.7. The quantitative estimate of drug-likeness (QED) is 0.848. The number of alkyl halides is 2. The summed E-state index contributed by atoms with van der Waals surface area (Å²) in [4.78, 5) is 13.1.